The lowest BCUT2D eigenvalue weighted by atomic mass is 9.80. The van der Waals surface area contributed by atoms with Gasteiger partial charge < -0.3 is 10.4 Å². The highest BCUT2D eigenvalue weighted by molar-refractivity contribution is 5.78. The van der Waals surface area contributed by atoms with Gasteiger partial charge in [-0.15, -0.1) is 0 Å². The van der Waals surface area contributed by atoms with Crippen molar-refractivity contribution in [3.05, 3.63) is 0 Å². The predicted molar refractivity (Wildman–Crippen MR) is 65.0 cm³/mol. The van der Waals surface area contributed by atoms with Gasteiger partial charge in [0, 0.05) is 12.5 Å². The molecule has 94 valence electrons. The van der Waals surface area contributed by atoms with E-state index >= 15 is 0 Å². The summed E-state index contributed by atoms with van der Waals surface area (Å²) in [6.45, 7) is 5.99. The van der Waals surface area contributed by atoms with E-state index in [4.69, 9.17) is 0 Å². The fraction of sp³-hybridized carbons (Fsp3) is 0.923. The highest BCUT2D eigenvalue weighted by Crippen LogP contribution is 2.30. The minimum absolute atomic E-state index is 0.122. The molecule has 1 saturated carbocycles. The van der Waals surface area contributed by atoms with Gasteiger partial charge in [-0.1, -0.05) is 13.3 Å². The van der Waals surface area contributed by atoms with Gasteiger partial charge in [-0.2, -0.15) is 0 Å². The molecule has 0 aromatic heterocycles. The monoisotopic (exact) mass is 227 g/mol. The zero-order valence-electron chi connectivity index (χ0n) is 10.8. The lowest BCUT2D eigenvalue weighted by Gasteiger charge is -2.28. The molecule has 0 aromatic rings. The molecule has 0 bridgehead atoms. The van der Waals surface area contributed by atoms with E-state index < -0.39 is 5.60 Å². The zero-order valence-corrected chi connectivity index (χ0v) is 10.8. The molecule has 16 heavy (non-hydrogen) atoms. The van der Waals surface area contributed by atoms with Crippen molar-refractivity contribution in [2.24, 2.45) is 11.8 Å². The smallest absolute Gasteiger partial charge is 0.223 e. The van der Waals surface area contributed by atoms with Crippen LogP contribution in [0.1, 0.15) is 52.9 Å². The first kappa shape index (κ1) is 13.5. The third-order valence-corrected chi connectivity index (χ3v) is 3.49. The maximum absolute atomic E-state index is 11.8. The molecule has 0 aromatic carbocycles. The Balaban J connectivity index is 2.28. The van der Waals surface area contributed by atoms with Gasteiger partial charge in [0.1, 0.15) is 0 Å². The maximum atomic E-state index is 11.8. The summed E-state index contributed by atoms with van der Waals surface area (Å²) in [7, 11) is 0. The van der Waals surface area contributed by atoms with Gasteiger partial charge in [-0.25, -0.2) is 0 Å². The molecule has 2 N–H and O–H groups in total. The van der Waals surface area contributed by atoms with E-state index in [1.54, 1.807) is 13.8 Å². The van der Waals surface area contributed by atoms with Crippen LogP contribution in [0.3, 0.4) is 0 Å². The summed E-state index contributed by atoms with van der Waals surface area (Å²) in [5, 5.41) is 12.4. The molecule has 0 atom stereocenters. The number of hydrogen-bond donors (Lipinski definition) is 2. The van der Waals surface area contributed by atoms with Crippen molar-refractivity contribution in [1.29, 1.82) is 0 Å². The molecule has 3 heteroatoms. The third-order valence-electron chi connectivity index (χ3n) is 3.49. The normalized spacial score (nSPS) is 26.5. The van der Waals surface area contributed by atoms with E-state index in [2.05, 4.69) is 12.2 Å². The fourth-order valence-corrected chi connectivity index (χ4v) is 2.28. The summed E-state index contributed by atoms with van der Waals surface area (Å²) in [4.78, 5) is 11.8. The SMILES string of the molecule is CCC1CCC(C(=O)NCC(C)(C)O)CC1. The molecule has 1 rings (SSSR count). The van der Waals surface area contributed by atoms with Crippen molar-refractivity contribution in [3.8, 4) is 0 Å². The average Bonchev–Trinajstić information content (AvgIpc) is 2.25. The van der Waals surface area contributed by atoms with Crippen molar-refractivity contribution in [1.82, 2.24) is 5.32 Å². The minimum Gasteiger partial charge on any atom is -0.389 e. The molecule has 0 radical (unpaired) electrons. The Morgan fingerprint density at radius 2 is 1.88 bits per heavy atom. The number of nitrogens with one attached hydrogen (secondary N) is 1. The standard InChI is InChI=1S/C13H25NO2/c1-4-10-5-7-11(8-6-10)12(15)14-9-13(2,3)16/h10-11,16H,4-9H2,1-3H3,(H,14,15). The Hall–Kier alpha value is -0.570. The molecule has 3 nitrogen and oxygen atoms in total. The summed E-state index contributed by atoms with van der Waals surface area (Å²) in [6, 6.07) is 0. The molecular weight excluding hydrogens is 202 g/mol. The first-order chi connectivity index (χ1) is 7.42. The third kappa shape index (κ3) is 4.52. The molecule has 0 unspecified atom stereocenters. The highest BCUT2D eigenvalue weighted by Gasteiger charge is 2.26. The molecule has 0 spiro atoms. The van der Waals surface area contributed by atoms with E-state index in [9.17, 15) is 9.90 Å². The molecule has 0 saturated heterocycles. The van der Waals surface area contributed by atoms with E-state index in [0.29, 0.717) is 6.54 Å². The van der Waals surface area contributed by atoms with Gasteiger partial charge in [-0.3, -0.25) is 4.79 Å². The number of aliphatic hydroxyl groups is 1. The van der Waals surface area contributed by atoms with Crippen LogP contribution in [-0.4, -0.2) is 23.2 Å². The second-order valence-corrected chi connectivity index (χ2v) is 5.66. The molecule has 1 fully saturated rings. The van der Waals surface area contributed by atoms with E-state index in [1.807, 2.05) is 0 Å². The Morgan fingerprint density at radius 1 is 1.31 bits per heavy atom. The number of rotatable bonds is 4. The van der Waals surface area contributed by atoms with E-state index in [1.165, 1.54) is 19.3 Å². The molecule has 0 aliphatic heterocycles. The second kappa shape index (κ2) is 5.67. The van der Waals surface area contributed by atoms with Crippen LogP contribution in [0.4, 0.5) is 0 Å². The van der Waals surface area contributed by atoms with Crippen LogP contribution >= 0.6 is 0 Å². The molecular formula is C13H25NO2. The van der Waals surface area contributed by atoms with E-state index in [-0.39, 0.29) is 11.8 Å². The maximum Gasteiger partial charge on any atom is 0.223 e. The Bertz CT molecular complexity index is 225. The largest absolute Gasteiger partial charge is 0.389 e. The summed E-state index contributed by atoms with van der Waals surface area (Å²) >= 11 is 0. The molecule has 1 amide bonds. The Kier molecular flexibility index (Phi) is 4.78. The first-order valence-corrected chi connectivity index (χ1v) is 6.42. The van der Waals surface area contributed by atoms with Crippen LogP contribution in [0.25, 0.3) is 0 Å². The summed E-state index contributed by atoms with van der Waals surface area (Å²) in [5.74, 6) is 1.11. The lowest BCUT2D eigenvalue weighted by molar-refractivity contribution is -0.127. The number of hydrogen-bond acceptors (Lipinski definition) is 2. The van der Waals surface area contributed by atoms with Gasteiger partial charge in [0.05, 0.1) is 5.60 Å². The topological polar surface area (TPSA) is 49.3 Å². The average molecular weight is 227 g/mol. The minimum atomic E-state index is -0.809. The van der Waals surface area contributed by atoms with Gasteiger partial charge >= 0.3 is 0 Å². The van der Waals surface area contributed by atoms with Gasteiger partial charge in [-0.05, 0) is 45.4 Å². The van der Waals surface area contributed by atoms with Crippen molar-refractivity contribution in [2.75, 3.05) is 6.54 Å². The molecule has 1 aliphatic carbocycles. The molecule has 0 heterocycles. The summed E-state index contributed by atoms with van der Waals surface area (Å²) < 4.78 is 0. The van der Waals surface area contributed by atoms with Crippen LogP contribution in [0.2, 0.25) is 0 Å². The summed E-state index contributed by atoms with van der Waals surface area (Å²) in [5.41, 5.74) is -0.809. The zero-order chi connectivity index (χ0) is 12.2. The first-order valence-electron chi connectivity index (χ1n) is 6.42. The Labute approximate surface area is 98.6 Å². The van der Waals surface area contributed by atoms with Gasteiger partial charge in [0.15, 0.2) is 0 Å². The highest BCUT2D eigenvalue weighted by atomic mass is 16.3. The van der Waals surface area contributed by atoms with Gasteiger partial charge in [0.25, 0.3) is 0 Å². The van der Waals surface area contributed by atoms with Crippen LogP contribution in [0.15, 0.2) is 0 Å². The lowest BCUT2D eigenvalue weighted by Crippen LogP contribution is -2.41. The van der Waals surface area contributed by atoms with Crippen molar-refractivity contribution >= 4 is 5.91 Å². The van der Waals surface area contributed by atoms with Crippen LogP contribution in [-0.2, 0) is 4.79 Å². The Morgan fingerprint density at radius 3 is 2.31 bits per heavy atom. The van der Waals surface area contributed by atoms with Crippen molar-refractivity contribution in [2.45, 2.75) is 58.5 Å². The van der Waals surface area contributed by atoms with E-state index in [0.717, 1.165) is 18.8 Å². The van der Waals surface area contributed by atoms with Crippen molar-refractivity contribution in [3.63, 3.8) is 0 Å². The number of amides is 1. The van der Waals surface area contributed by atoms with Crippen LogP contribution in [0.5, 0.6) is 0 Å². The number of carbonyl (C=O) groups is 1. The number of carbonyl (C=O) groups excluding carboxylic acids is 1. The summed E-state index contributed by atoms with van der Waals surface area (Å²) in [6.07, 6.45) is 5.61. The quantitative estimate of drug-likeness (QED) is 0.772. The van der Waals surface area contributed by atoms with Crippen LogP contribution < -0.4 is 5.32 Å². The van der Waals surface area contributed by atoms with Crippen molar-refractivity contribution < 1.29 is 9.90 Å². The van der Waals surface area contributed by atoms with Gasteiger partial charge in [0.2, 0.25) is 5.91 Å². The predicted octanol–water partition coefficient (Wildman–Crippen LogP) is 2.09. The van der Waals surface area contributed by atoms with Crippen LogP contribution in [0, 0.1) is 11.8 Å². The molecule has 1 aliphatic rings. The fourth-order valence-electron chi connectivity index (χ4n) is 2.28. The second-order valence-electron chi connectivity index (χ2n) is 5.66.